The number of hydrogen-bond acceptors (Lipinski definition) is 13. The van der Waals surface area contributed by atoms with E-state index in [0.29, 0.717) is 34.2 Å². The maximum atomic E-state index is 10.2. The third-order valence-electron chi connectivity index (χ3n) is 7.13. The van der Waals surface area contributed by atoms with Crippen LogP contribution in [0.3, 0.4) is 0 Å². The van der Waals surface area contributed by atoms with E-state index >= 15 is 0 Å². The number of azo groups is 1. The fourth-order valence-electron chi connectivity index (χ4n) is 4.28. The Labute approximate surface area is 372 Å². The average Bonchev–Trinajstić information content (AvgIpc) is 3.09. The van der Waals surface area contributed by atoms with Crippen LogP contribution >= 0.6 is 0 Å². The van der Waals surface area contributed by atoms with Crippen molar-refractivity contribution < 1.29 is 90.1 Å². The van der Waals surface area contributed by atoms with Crippen LogP contribution < -0.4 is 64.8 Å². The van der Waals surface area contributed by atoms with Crippen LogP contribution in [0.1, 0.15) is 63.8 Å². The largest absolute Gasteiger partial charge is 1.00 e. The summed E-state index contributed by atoms with van der Waals surface area (Å²) in [5.74, 6) is 1.36. The third-order valence-corrected chi connectivity index (χ3v) is 7.13. The number of nitrogens with zero attached hydrogens (tertiary/aromatic N) is 5. The fraction of sp³-hybridized carbons (Fsp3) is 0.250. The molecule has 5 rings (SSSR count). The average molecular weight is 788 g/mol. The second-order valence-electron chi connectivity index (χ2n) is 13.6. The zero-order valence-electron chi connectivity index (χ0n) is 33.6. The van der Waals surface area contributed by atoms with Crippen molar-refractivity contribution in [2.24, 2.45) is 15.6 Å². The Balaban J connectivity index is -0.000000688. The molecular formula is C40H49N6Na2O8+. The molecule has 0 aliphatic heterocycles. The van der Waals surface area contributed by atoms with Crippen LogP contribution in [0, 0.1) is 29.4 Å². The van der Waals surface area contributed by atoms with Crippen molar-refractivity contribution in [3.63, 3.8) is 0 Å². The number of para-hydroxylation sites is 1. The normalized spacial score (nSPS) is 9.84. The van der Waals surface area contributed by atoms with Gasteiger partial charge in [-0.3, -0.25) is 0 Å². The van der Waals surface area contributed by atoms with Crippen molar-refractivity contribution >= 4 is 22.7 Å². The quantitative estimate of drug-likeness (QED) is 0.0264. The number of phenols is 5. The molecule has 0 aliphatic carbocycles. The van der Waals surface area contributed by atoms with Gasteiger partial charge in [-0.05, 0) is 114 Å². The number of phenolic OH excluding ortho intramolecular Hbond substituents is 5. The molecule has 0 saturated heterocycles. The summed E-state index contributed by atoms with van der Waals surface area (Å²) in [5, 5.41) is 72.1. The van der Waals surface area contributed by atoms with Gasteiger partial charge in [0.25, 0.3) is 0 Å². The molecule has 5 aromatic carbocycles. The maximum absolute atomic E-state index is 10.2. The van der Waals surface area contributed by atoms with E-state index in [4.69, 9.17) is 31.5 Å². The van der Waals surface area contributed by atoms with Gasteiger partial charge in [0.05, 0.1) is 11.4 Å². The topological polar surface area (TPSA) is 263 Å². The van der Waals surface area contributed by atoms with Crippen molar-refractivity contribution in [3.05, 3.63) is 140 Å². The number of hydrogen-bond donors (Lipinski definition) is 6. The van der Waals surface area contributed by atoms with Gasteiger partial charge in [-0.2, -0.15) is 10.2 Å². The molecule has 0 atom stereocenters. The van der Waals surface area contributed by atoms with Crippen LogP contribution in [0.5, 0.6) is 28.7 Å². The van der Waals surface area contributed by atoms with E-state index in [1.807, 2.05) is 58.9 Å². The molecule has 14 nitrogen and oxygen atoms in total. The van der Waals surface area contributed by atoms with E-state index < -0.39 is 0 Å². The van der Waals surface area contributed by atoms with Crippen LogP contribution in [-0.4, -0.2) is 31.0 Å². The summed E-state index contributed by atoms with van der Waals surface area (Å²) in [4.78, 5) is 10.9. The third kappa shape index (κ3) is 20.8. The van der Waals surface area contributed by atoms with Gasteiger partial charge in [-0.15, -0.1) is 5.34 Å². The van der Waals surface area contributed by atoms with Crippen molar-refractivity contribution in [2.75, 3.05) is 5.73 Å². The van der Waals surface area contributed by atoms with Crippen molar-refractivity contribution in [2.45, 2.75) is 66.2 Å². The standard InChI is InChI=1S/C17H20N2O2.C11H16O.C6H4N2O.C6H7NO.HNO2.2Na.H2O/c1-11-9-13(10-15(16(11)21)17(2,3)4)19-18-12-5-7-14(20)8-6-12;1-8-6-5-7-9(10(8)12)11(2,3)4;7-8-5-1-3-6(9)4-2-5;7-5-1-3-6(8)4-2-5;2-1-3;;;/h5-10,20-21H,1-4H3;5-7,12H,1-4H3;1-4H;1-4,8H,7H2;(H,2,3);;;1H2/q;;;;;2*+1;/p-1. The molecule has 0 amide bonds. The zero-order chi connectivity index (χ0) is 40.4. The molecule has 288 valence electrons. The number of anilines is 1. The summed E-state index contributed by atoms with van der Waals surface area (Å²) in [7, 11) is 0. The molecule has 0 bridgehead atoms. The first kappa shape index (κ1) is 55.6. The van der Waals surface area contributed by atoms with Crippen LogP contribution in [0.2, 0.25) is 0 Å². The number of diazo groups is 1. The summed E-state index contributed by atoms with van der Waals surface area (Å²) in [6.45, 7) is 16.2. The first-order chi connectivity index (χ1) is 24.7. The van der Waals surface area contributed by atoms with Gasteiger partial charge in [-0.1, -0.05) is 59.7 Å². The molecule has 0 fully saturated rings. The molecule has 0 heterocycles. The predicted octanol–water partition coefficient (Wildman–Crippen LogP) is 5.05. The van der Waals surface area contributed by atoms with Gasteiger partial charge in [0.15, 0.2) is 4.98 Å². The summed E-state index contributed by atoms with van der Waals surface area (Å²) < 4.78 is 0. The predicted molar refractivity (Wildman–Crippen MR) is 212 cm³/mol. The SMILES string of the molecule is Cc1cc(N=Nc2ccc(O)cc2)cc(C(C)(C)C)c1O.Cc1cccc(C(C)(C)C)c1O.N#[N+]c1ccc(O)cc1.Nc1ccc(O)cc1.O=N[O-].[Na+].[Na+].[OH-]. The molecule has 0 unspecified atom stereocenters. The Hall–Kier alpha value is -4.72. The Morgan fingerprint density at radius 2 is 1.00 bits per heavy atom. The number of aromatic hydroxyl groups is 5. The summed E-state index contributed by atoms with van der Waals surface area (Å²) in [6, 6.07) is 28.4. The molecule has 0 saturated carbocycles. The van der Waals surface area contributed by atoms with Crippen LogP contribution in [-0.2, 0) is 10.8 Å². The number of rotatable bonds is 2. The molecule has 0 aromatic heterocycles. The number of aryl methyl sites for hydroxylation is 2. The van der Waals surface area contributed by atoms with Crippen molar-refractivity contribution in [1.82, 2.24) is 0 Å². The minimum absolute atomic E-state index is 0. The molecule has 0 aliphatic rings. The van der Waals surface area contributed by atoms with E-state index in [1.54, 1.807) is 54.6 Å². The van der Waals surface area contributed by atoms with Gasteiger partial charge < -0.3 is 46.9 Å². The van der Waals surface area contributed by atoms with E-state index in [0.717, 1.165) is 27.6 Å². The fourth-order valence-corrected chi connectivity index (χ4v) is 4.28. The molecule has 5 aromatic rings. The monoisotopic (exact) mass is 787 g/mol. The summed E-state index contributed by atoms with van der Waals surface area (Å²) >= 11 is 0. The summed E-state index contributed by atoms with van der Waals surface area (Å²) in [6.07, 6.45) is 0. The molecule has 56 heavy (non-hydrogen) atoms. The minimum atomic E-state index is -0.168. The zero-order valence-corrected chi connectivity index (χ0v) is 37.6. The number of nitrogen functional groups attached to an aromatic ring is 1. The molecule has 16 heteroatoms. The van der Waals surface area contributed by atoms with Gasteiger partial charge in [0.1, 0.15) is 28.7 Å². The second-order valence-corrected chi connectivity index (χ2v) is 13.6. The van der Waals surface area contributed by atoms with E-state index in [-0.39, 0.29) is 92.7 Å². The minimum Gasteiger partial charge on any atom is -0.870 e. The van der Waals surface area contributed by atoms with Gasteiger partial charge in [-0.25, -0.2) is 0 Å². The van der Waals surface area contributed by atoms with E-state index in [2.05, 4.69) is 36.0 Å². The molecular weight excluding hydrogens is 738 g/mol. The molecule has 8 N–H and O–H groups in total. The summed E-state index contributed by atoms with van der Waals surface area (Å²) in [5.41, 5.74) is 11.2. The second kappa shape index (κ2) is 27.0. The van der Waals surface area contributed by atoms with Gasteiger partial charge in [0.2, 0.25) is 5.39 Å². The first-order valence-electron chi connectivity index (χ1n) is 16.2. The van der Waals surface area contributed by atoms with Crippen molar-refractivity contribution in [1.29, 1.82) is 5.39 Å². The van der Waals surface area contributed by atoms with Gasteiger partial charge >= 0.3 is 64.8 Å². The Morgan fingerprint density at radius 1 is 0.607 bits per heavy atom. The van der Waals surface area contributed by atoms with Crippen molar-refractivity contribution in [3.8, 4) is 28.7 Å². The first-order valence-corrected chi connectivity index (χ1v) is 16.2. The Morgan fingerprint density at radius 3 is 1.39 bits per heavy atom. The van der Waals surface area contributed by atoms with E-state index in [1.165, 1.54) is 24.3 Å². The Kier molecular flexibility index (Phi) is 26.8. The van der Waals surface area contributed by atoms with Crippen LogP contribution in [0.25, 0.3) is 4.98 Å². The smallest absolute Gasteiger partial charge is 0.870 e. The van der Waals surface area contributed by atoms with Crippen LogP contribution in [0.15, 0.2) is 119 Å². The number of nitrogens with two attached hydrogens (primary N) is 1. The molecule has 0 spiro atoms. The van der Waals surface area contributed by atoms with Gasteiger partial charge in [0, 0.05) is 23.4 Å². The Bertz CT molecular complexity index is 1940. The molecule has 0 radical (unpaired) electrons. The van der Waals surface area contributed by atoms with Crippen LogP contribution in [0.4, 0.5) is 22.7 Å². The van der Waals surface area contributed by atoms with E-state index in [9.17, 15) is 15.3 Å². The maximum Gasteiger partial charge on any atom is 1.00 e. The number of benzene rings is 5.